The zero-order valence-corrected chi connectivity index (χ0v) is 13.2. The minimum absolute atomic E-state index is 0.126. The topological polar surface area (TPSA) is 41.0 Å². The standard InChI is InChI=1S/C12H16ClF3N4S/c1-7-6-20(21-2)4-3-9(7)18-11-17-5-8(10(13)19-11)12(14,15)16/h5,7,9H,3-4,6H2,1-2H3,(H,17,18,19). The number of nitrogens with zero attached hydrogens (tertiary/aromatic N) is 3. The molecule has 0 aliphatic carbocycles. The van der Waals surface area contributed by atoms with Crippen LogP contribution in [0.25, 0.3) is 0 Å². The maximum Gasteiger partial charge on any atom is 0.420 e. The second-order valence-electron chi connectivity index (χ2n) is 4.98. The van der Waals surface area contributed by atoms with Crippen LogP contribution < -0.4 is 5.32 Å². The first-order valence-corrected chi connectivity index (χ1v) is 8.02. The number of alkyl halides is 3. The lowest BCUT2D eigenvalue weighted by atomic mass is 9.95. The number of hydrogen-bond acceptors (Lipinski definition) is 5. The highest BCUT2D eigenvalue weighted by atomic mass is 35.5. The normalized spacial score (nSPS) is 24.1. The third kappa shape index (κ3) is 4.14. The van der Waals surface area contributed by atoms with E-state index in [9.17, 15) is 13.2 Å². The number of anilines is 1. The largest absolute Gasteiger partial charge is 0.420 e. The monoisotopic (exact) mass is 340 g/mol. The van der Waals surface area contributed by atoms with E-state index in [4.69, 9.17) is 11.6 Å². The molecule has 118 valence electrons. The van der Waals surface area contributed by atoms with Gasteiger partial charge in [0, 0.05) is 25.3 Å². The summed E-state index contributed by atoms with van der Waals surface area (Å²) in [6, 6.07) is 0.126. The quantitative estimate of drug-likeness (QED) is 0.673. The first-order chi connectivity index (χ1) is 9.81. The molecule has 1 aliphatic heterocycles. The van der Waals surface area contributed by atoms with Gasteiger partial charge < -0.3 is 5.32 Å². The molecule has 1 N–H and O–H groups in total. The van der Waals surface area contributed by atoms with Crippen LogP contribution in [0.1, 0.15) is 18.9 Å². The smallest absolute Gasteiger partial charge is 0.351 e. The van der Waals surface area contributed by atoms with E-state index in [0.29, 0.717) is 5.92 Å². The van der Waals surface area contributed by atoms with Crippen LogP contribution in [0.5, 0.6) is 0 Å². The Balaban J connectivity index is 2.06. The van der Waals surface area contributed by atoms with Gasteiger partial charge in [0.25, 0.3) is 0 Å². The molecule has 2 atom stereocenters. The molecule has 1 saturated heterocycles. The van der Waals surface area contributed by atoms with Crippen LogP contribution in [0.15, 0.2) is 6.20 Å². The molecule has 2 unspecified atom stereocenters. The van der Waals surface area contributed by atoms with Gasteiger partial charge in [-0.3, -0.25) is 4.31 Å². The molecule has 9 heteroatoms. The van der Waals surface area contributed by atoms with Crippen molar-refractivity contribution < 1.29 is 13.2 Å². The third-order valence-electron chi connectivity index (χ3n) is 3.49. The molecule has 0 saturated carbocycles. The average Bonchev–Trinajstić information content (AvgIpc) is 2.39. The summed E-state index contributed by atoms with van der Waals surface area (Å²) >= 11 is 7.28. The molecule has 21 heavy (non-hydrogen) atoms. The molecule has 0 radical (unpaired) electrons. The lowest BCUT2D eigenvalue weighted by molar-refractivity contribution is -0.137. The second-order valence-corrected chi connectivity index (χ2v) is 6.22. The Bertz CT molecular complexity index is 500. The summed E-state index contributed by atoms with van der Waals surface area (Å²) in [5, 5.41) is 2.51. The van der Waals surface area contributed by atoms with Gasteiger partial charge in [-0.25, -0.2) is 9.97 Å². The van der Waals surface area contributed by atoms with Gasteiger partial charge in [0.15, 0.2) is 0 Å². The molecule has 1 fully saturated rings. The lowest BCUT2D eigenvalue weighted by Crippen LogP contribution is -2.42. The van der Waals surface area contributed by atoms with Crippen molar-refractivity contribution in [1.82, 2.24) is 14.3 Å². The third-order valence-corrected chi connectivity index (χ3v) is 4.62. The average molecular weight is 341 g/mol. The van der Waals surface area contributed by atoms with Crippen molar-refractivity contribution in [2.24, 2.45) is 5.92 Å². The number of nitrogens with one attached hydrogen (secondary N) is 1. The van der Waals surface area contributed by atoms with Crippen molar-refractivity contribution in [2.75, 3.05) is 24.7 Å². The fraction of sp³-hybridized carbons (Fsp3) is 0.667. The molecule has 1 aromatic rings. The van der Waals surface area contributed by atoms with Gasteiger partial charge in [0.05, 0.1) is 0 Å². The number of aromatic nitrogens is 2. The Kier molecular flexibility index (Phi) is 5.21. The molecule has 0 amide bonds. The highest BCUT2D eigenvalue weighted by Crippen LogP contribution is 2.33. The van der Waals surface area contributed by atoms with Gasteiger partial charge >= 0.3 is 6.18 Å². The summed E-state index contributed by atoms with van der Waals surface area (Å²) in [5.74, 6) is 0.485. The van der Waals surface area contributed by atoms with Crippen molar-refractivity contribution in [3.63, 3.8) is 0 Å². The van der Waals surface area contributed by atoms with Gasteiger partial charge in [-0.15, -0.1) is 0 Å². The Hall–Kier alpha value is -0.730. The Morgan fingerprint density at radius 2 is 2.19 bits per heavy atom. The predicted octanol–water partition coefficient (Wildman–Crippen LogP) is 3.55. The highest BCUT2D eigenvalue weighted by molar-refractivity contribution is 7.96. The molecule has 0 spiro atoms. The van der Waals surface area contributed by atoms with Crippen molar-refractivity contribution in [3.05, 3.63) is 16.9 Å². The summed E-state index contributed by atoms with van der Waals surface area (Å²) in [6.45, 7) is 3.91. The number of halogens is 4. The predicted molar refractivity (Wildman–Crippen MR) is 78.3 cm³/mol. The number of rotatable bonds is 3. The zero-order chi connectivity index (χ0) is 15.6. The summed E-state index contributed by atoms with van der Waals surface area (Å²) < 4.78 is 40.0. The molecule has 0 bridgehead atoms. The van der Waals surface area contributed by atoms with Gasteiger partial charge in [-0.2, -0.15) is 13.2 Å². The summed E-state index contributed by atoms with van der Waals surface area (Å²) in [6.07, 6.45) is -0.908. The molecule has 4 nitrogen and oxygen atoms in total. The van der Waals surface area contributed by atoms with Crippen LogP contribution in [0, 0.1) is 5.92 Å². The number of piperidine rings is 1. The lowest BCUT2D eigenvalue weighted by Gasteiger charge is -2.35. The molecule has 0 aromatic carbocycles. The van der Waals surface area contributed by atoms with E-state index in [1.54, 1.807) is 11.9 Å². The molecule has 2 heterocycles. The Morgan fingerprint density at radius 1 is 1.48 bits per heavy atom. The van der Waals surface area contributed by atoms with E-state index in [0.717, 1.165) is 25.7 Å². The van der Waals surface area contributed by atoms with Crippen LogP contribution in [0.3, 0.4) is 0 Å². The first kappa shape index (κ1) is 16.6. The number of hydrogen-bond donors (Lipinski definition) is 1. The molecular weight excluding hydrogens is 325 g/mol. The minimum atomic E-state index is -4.54. The fourth-order valence-corrected chi connectivity index (χ4v) is 3.18. The SMILES string of the molecule is CSN1CCC(Nc2ncc(C(F)(F)F)c(Cl)n2)C(C)C1. The van der Waals surface area contributed by atoms with Gasteiger partial charge in [-0.05, 0) is 18.6 Å². The van der Waals surface area contributed by atoms with E-state index in [1.165, 1.54) is 0 Å². The zero-order valence-electron chi connectivity index (χ0n) is 11.6. The second kappa shape index (κ2) is 6.58. The van der Waals surface area contributed by atoms with Crippen LogP contribution in [0.4, 0.5) is 19.1 Å². The maximum absolute atomic E-state index is 12.6. The van der Waals surface area contributed by atoms with E-state index in [2.05, 4.69) is 26.5 Å². The molecule has 1 aromatic heterocycles. The van der Waals surface area contributed by atoms with Crippen molar-refractivity contribution >= 4 is 29.5 Å². The van der Waals surface area contributed by atoms with Gasteiger partial charge in [0.2, 0.25) is 5.95 Å². The van der Waals surface area contributed by atoms with Gasteiger partial charge in [-0.1, -0.05) is 30.5 Å². The van der Waals surface area contributed by atoms with E-state index < -0.39 is 16.9 Å². The van der Waals surface area contributed by atoms with Crippen molar-refractivity contribution in [3.8, 4) is 0 Å². The molecule has 2 rings (SSSR count). The Morgan fingerprint density at radius 3 is 2.71 bits per heavy atom. The van der Waals surface area contributed by atoms with E-state index >= 15 is 0 Å². The highest BCUT2D eigenvalue weighted by Gasteiger charge is 2.35. The molecule has 1 aliphatic rings. The fourth-order valence-electron chi connectivity index (χ4n) is 2.27. The minimum Gasteiger partial charge on any atom is -0.351 e. The van der Waals surface area contributed by atoms with Crippen molar-refractivity contribution in [2.45, 2.75) is 25.6 Å². The maximum atomic E-state index is 12.6. The van der Waals surface area contributed by atoms with Gasteiger partial charge in [0.1, 0.15) is 10.7 Å². The van der Waals surface area contributed by atoms with Crippen LogP contribution in [-0.2, 0) is 6.18 Å². The summed E-state index contributed by atoms with van der Waals surface area (Å²) in [7, 11) is 0. The first-order valence-electron chi connectivity index (χ1n) is 6.46. The Labute approximate surface area is 130 Å². The van der Waals surface area contributed by atoms with Crippen LogP contribution in [0.2, 0.25) is 5.15 Å². The van der Waals surface area contributed by atoms with Crippen molar-refractivity contribution in [1.29, 1.82) is 0 Å². The van der Waals surface area contributed by atoms with Crippen LogP contribution in [-0.4, -0.2) is 39.7 Å². The summed E-state index contributed by atoms with van der Waals surface area (Å²) in [4.78, 5) is 7.44. The summed E-state index contributed by atoms with van der Waals surface area (Å²) in [5.41, 5.74) is -1.01. The molecular formula is C12H16ClF3N4S. The van der Waals surface area contributed by atoms with E-state index in [-0.39, 0.29) is 12.0 Å². The van der Waals surface area contributed by atoms with E-state index in [1.807, 2.05) is 6.26 Å². The van der Waals surface area contributed by atoms with Crippen LogP contribution >= 0.6 is 23.5 Å².